The van der Waals surface area contributed by atoms with E-state index in [0.717, 1.165) is 6.20 Å². The second-order valence-electron chi connectivity index (χ2n) is 6.59. The molecule has 0 aliphatic carbocycles. The normalized spacial score (nSPS) is 13.0. The SMILES string of the molecule is CN1CCc2c(F)c(F)c(OCc3ccccc3)c3c(=O)c(C(=O)O)cn1c23. The molecule has 0 amide bonds. The summed E-state index contributed by atoms with van der Waals surface area (Å²) < 4.78 is 36.5. The largest absolute Gasteiger partial charge is 0.485 e. The fourth-order valence-corrected chi connectivity index (χ4v) is 3.44. The maximum Gasteiger partial charge on any atom is 0.341 e. The smallest absolute Gasteiger partial charge is 0.341 e. The summed E-state index contributed by atoms with van der Waals surface area (Å²) in [7, 11) is 1.67. The van der Waals surface area contributed by atoms with Gasteiger partial charge in [0.2, 0.25) is 11.2 Å². The van der Waals surface area contributed by atoms with Gasteiger partial charge in [0.15, 0.2) is 11.6 Å². The van der Waals surface area contributed by atoms with Crippen molar-refractivity contribution in [3.8, 4) is 5.75 Å². The van der Waals surface area contributed by atoms with E-state index >= 15 is 0 Å². The Morgan fingerprint density at radius 2 is 1.93 bits per heavy atom. The van der Waals surface area contributed by atoms with E-state index in [9.17, 15) is 23.5 Å². The molecular weight excluding hydrogens is 370 g/mol. The quantitative estimate of drug-likeness (QED) is 0.747. The molecule has 1 aromatic heterocycles. The number of carboxylic acids is 1. The van der Waals surface area contributed by atoms with Gasteiger partial charge in [0.05, 0.1) is 10.9 Å². The highest BCUT2D eigenvalue weighted by Crippen LogP contribution is 2.35. The van der Waals surface area contributed by atoms with E-state index in [1.807, 2.05) is 0 Å². The Morgan fingerprint density at radius 1 is 1.21 bits per heavy atom. The predicted molar refractivity (Wildman–Crippen MR) is 98.6 cm³/mol. The standard InChI is InChI=1S/C20H16F2N2O4/c1-23-8-7-12-15(21)16(22)19(28-10-11-5-3-2-4-6-11)14-17(12)24(23)9-13(18(14)25)20(26)27/h2-6,9H,7-8,10H2,1H3,(H,26,27). The Hall–Kier alpha value is -3.42. The third-order valence-electron chi connectivity index (χ3n) is 4.87. The second kappa shape index (κ2) is 6.63. The van der Waals surface area contributed by atoms with Gasteiger partial charge < -0.3 is 14.9 Å². The van der Waals surface area contributed by atoms with Crippen LogP contribution in [0.2, 0.25) is 0 Å². The van der Waals surface area contributed by atoms with Crippen LogP contribution >= 0.6 is 0 Å². The summed E-state index contributed by atoms with van der Waals surface area (Å²) in [5.74, 6) is -4.39. The van der Waals surface area contributed by atoms with E-state index in [-0.39, 0.29) is 29.5 Å². The zero-order valence-corrected chi connectivity index (χ0v) is 14.9. The van der Waals surface area contributed by atoms with Gasteiger partial charge in [-0.05, 0) is 12.0 Å². The third-order valence-corrected chi connectivity index (χ3v) is 4.87. The van der Waals surface area contributed by atoms with Crippen molar-refractivity contribution in [2.45, 2.75) is 13.0 Å². The van der Waals surface area contributed by atoms with E-state index in [1.54, 1.807) is 42.4 Å². The number of rotatable bonds is 4. The van der Waals surface area contributed by atoms with Crippen molar-refractivity contribution in [3.63, 3.8) is 0 Å². The first-order chi connectivity index (χ1) is 13.4. The molecule has 0 saturated heterocycles. The summed E-state index contributed by atoms with van der Waals surface area (Å²) in [6.45, 7) is 0.239. The topological polar surface area (TPSA) is 71.8 Å². The van der Waals surface area contributed by atoms with Crippen LogP contribution in [0.3, 0.4) is 0 Å². The molecule has 144 valence electrons. The molecule has 4 rings (SSSR count). The molecule has 1 N–H and O–H groups in total. The molecule has 2 aromatic carbocycles. The van der Waals surface area contributed by atoms with Crippen molar-refractivity contribution < 1.29 is 23.4 Å². The molecule has 6 nitrogen and oxygen atoms in total. The van der Waals surface area contributed by atoms with Crippen molar-refractivity contribution in [1.82, 2.24) is 4.68 Å². The van der Waals surface area contributed by atoms with Crippen LogP contribution in [0.1, 0.15) is 21.5 Å². The maximum atomic E-state index is 14.8. The summed E-state index contributed by atoms with van der Waals surface area (Å²) in [4.78, 5) is 24.4. The molecule has 0 bridgehead atoms. The molecule has 0 spiro atoms. The van der Waals surface area contributed by atoms with Crippen molar-refractivity contribution in [3.05, 3.63) is 75.1 Å². The van der Waals surface area contributed by atoms with Gasteiger partial charge in [0.25, 0.3) is 0 Å². The van der Waals surface area contributed by atoms with E-state index in [1.165, 1.54) is 4.68 Å². The number of likely N-dealkylation sites (N-methyl/N-ethyl adjacent to an activating group) is 1. The van der Waals surface area contributed by atoms with E-state index < -0.39 is 34.3 Å². The molecule has 8 heteroatoms. The van der Waals surface area contributed by atoms with Gasteiger partial charge in [-0.1, -0.05) is 30.3 Å². The molecule has 0 fully saturated rings. The fourth-order valence-electron chi connectivity index (χ4n) is 3.44. The molecule has 1 aliphatic rings. The first-order valence-corrected chi connectivity index (χ1v) is 8.60. The van der Waals surface area contributed by atoms with Gasteiger partial charge in [0.1, 0.15) is 12.2 Å². The number of carbonyl (C=O) groups is 1. The number of hydrogen-bond donors (Lipinski definition) is 1. The maximum absolute atomic E-state index is 14.8. The Bertz CT molecular complexity index is 1160. The molecule has 2 heterocycles. The average molecular weight is 386 g/mol. The van der Waals surface area contributed by atoms with Crippen molar-refractivity contribution in [2.75, 3.05) is 18.6 Å². The minimum absolute atomic E-state index is 0.0340. The van der Waals surface area contributed by atoms with Crippen LogP contribution in [-0.2, 0) is 13.0 Å². The predicted octanol–water partition coefficient (Wildman–Crippen LogP) is 2.68. The van der Waals surface area contributed by atoms with E-state index in [2.05, 4.69) is 0 Å². The van der Waals surface area contributed by atoms with Gasteiger partial charge >= 0.3 is 5.97 Å². The first kappa shape index (κ1) is 18.0. The Morgan fingerprint density at radius 3 is 2.61 bits per heavy atom. The van der Waals surface area contributed by atoms with Crippen LogP contribution in [0.4, 0.5) is 8.78 Å². The summed E-state index contributed by atoms with van der Waals surface area (Å²) in [6, 6.07) is 8.80. The van der Waals surface area contributed by atoms with E-state index in [0.29, 0.717) is 12.1 Å². The lowest BCUT2D eigenvalue weighted by atomic mass is 10.0. The monoisotopic (exact) mass is 386 g/mol. The third kappa shape index (κ3) is 2.69. The number of pyridine rings is 1. The van der Waals surface area contributed by atoms with Gasteiger partial charge in [-0.15, -0.1) is 0 Å². The zero-order valence-electron chi connectivity index (χ0n) is 14.9. The molecule has 0 atom stereocenters. The van der Waals surface area contributed by atoms with Crippen LogP contribution in [0.15, 0.2) is 41.3 Å². The highest BCUT2D eigenvalue weighted by atomic mass is 19.2. The van der Waals surface area contributed by atoms with Crippen LogP contribution < -0.4 is 15.2 Å². The summed E-state index contributed by atoms with van der Waals surface area (Å²) >= 11 is 0. The van der Waals surface area contributed by atoms with Crippen LogP contribution in [0.25, 0.3) is 10.9 Å². The number of benzene rings is 2. The second-order valence-corrected chi connectivity index (χ2v) is 6.59. The fraction of sp³-hybridized carbons (Fsp3) is 0.200. The lowest BCUT2D eigenvalue weighted by Gasteiger charge is -2.31. The highest BCUT2D eigenvalue weighted by Gasteiger charge is 2.30. The Kier molecular flexibility index (Phi) is 4.26. The Balaban J connectivity index is 2.01. The van der Waals surface area contributed by atoms with Crippen molar-refractivity contribution >= 4 is 16.9 Å². The van der Waals surface area contributed by atoms with Crippen LogP contribution in [0, 0.1) is 11.6 Å². The van der Waals surface area contributed by atoms with Gasteiger partial charge in [-0.25, -0.2) is 9.18 Å². The highest BCUT2D eigenvalue weighted by molar-refractivity contribution is 5.96. The average Bonchev–Trinajstić information content (AvgIpc) is 2.68. The summed E-state index contributed by atoms with van der Waals surface area (Å²) in [5.41, 5.74) is -0.587. The first-order valence-electron chi connectivity index (χ1n) is 8.60. The van der Waals surface area contributed by atoms with Crippen molar-refractivity contribution in [2.24, 2.45) is 0 Å². The number of nitrogens with zero attached hydrogens (tertiary/aromatic N) is 2. The lowest BCUT2D eigenvalue weighted by Crippen LogP contribution is -2.39. The number of hydrogen-bond acceptors (Lipinski definition) is 4. The number of aromatic carboxylic acids is 1. The molecule has 1 aliphatic heterocycles. The summed E-state index contributed by atoms with van der Waals surface area (Å²) in [6.07, 6.45) is 1.31. The van der Waals surface area contributed by atoms with Gasteiger partial charge in [-0.2, -0.15) is 4.39 Å². The molecule has 0 saturated carbocycles. The minimum Gasteiger partial charge on any atom is -0.485 e. The molecule has 28 heavy (non-hydrogen) atoms. The van der Waals surface area contributed by atoms with E-state index in [4.69, 9.17) is 4.74 Å². The minimum atomic E-state index is -1.45. The Labute approximate surface area is 158 Å². The summed E-state index contributed by atoms with van der Waals surface area (Å²) in [5, 5.41) is 10.8. The lowest BCUT2D eigenvalue weighted by molar-refractivity contribution is 0.0695. The number of aromatic nitrogens is 1. The molecule has 0 radical (unpaired) electrons. The molecular formula is C20H16F2N2O4. The van der Waals surface area contributed by atoms with Gasteiger partial charge in [0, 0.05) is 25.4 Å². The molecule has 3 aromatic rings. The van der Waals surface area contributed by atoms with Crippen LogP contribution in [-0.4, -0.2) is 29.3 Å². The van der Waals surface area contributed by atoms with Crippen molar-refractivity contribution in [1.29, 1.82) is 0 Å². The molecule has 0 unspecified atom stereocenters. The van der Waals surface area contributed by atoms with Gasteiger partial charge in [-0.3, -0.25) is 9.47 Å². The number of ether oxygens (including phenoxy) is 1. The van der Waals surface area contributed by atoms with Crippen LogP contribution in [0.5, 0.6) is 5.75 Å². The number of halogens is 2. The zero-order chi connectivity index (χ0) is 20.0. The number of carboxylic acid groups (broad SMARTS) is 1.